The Hall–Kier alpha value is -1.03. The first-order chi connectivity index (χ1) is 8.40. The van der Waals surface area contributed by atoms with E-state index >= 15 is 0 Å². The van der Waals surface area contributed by atoms with Crippen LogP contribution in [0.1, 0.15) is 44.0 Å². The Labute approximate surface area is 113 Å². The van der Waals surface area contributed by atoms with Gasteiger partial charge in [-0.25, -0.2) is 4.39 Å². The van der Waals surface area contributed by atoms with Crippen LogP contribution >= 0.6 is 12.6 Å². The lowest BCUT2D eigenvalue weighted by atomic mass is 10.0. The Kier molecular flexibility index (Phi) is 5.66. The van der Waals surface area contributed by atoms with E-state index in [1.165, 1.54) is 18.2 Å². The monoisotopic (exact) mass is 269 g/mol. The summed E-state index contributed by atoms with van der Waals surface area (Å²) < 4.78 is 13.0. The zero-order chi connectivity index (χ0) is 13.7. The zero-order valence-electron chi connectivity index (χ0n) is 11.0. The molecule has 0 aliphatic carbocycles. The second-order valence-corrected chi connectivity index (χ2v) is 5.49. The van der Waals surface area contributed by atoms with Gasteiger partial charge in [0.1, 0.15) is 5.82 Å². The highest BCUT2D eigenvalue weighted by Gasteiger charge is 2.11. The van der Waals surface area contributed by atoms with Crippen LogP contribution in [0.2, 0.25) is 0 Å². The largest absolute Gasteiger partial charge is 0.350 e. The van der Waals surface area contributed by atoms with Gasteiger partial charge in [0.2, 0.25) is 0 Å². The highest BCUT2D eigenvalue weighted by Crippen LogP contribution is 2.14. The lowest BCUT2D eigenvalue weighted by Gasteiger charge is -2.15. The third kappa shape index (κ3) is 4.69. The number of hydrogen-bond acceptors (Lipinski definition) is 2. The Bertz CT molecular complexity index is 420. The molecule has 100 valence electrons. The van der Waals surface area contributed by atoms with Crippen LogP contribution in [0.15, 0.2) is 23.1 Å². The highest BCUT2D eigenvalue weighted by atomic mass is 32.1. The molecule has 1 aromatic rings. The minimum atomic E-state index is -0.414. The summed E-state index contributed by atoms with van der Waals surface area (Å²) in [5, 5.41) is 2.90. The van der Waals surface area contributed by atoms with E-state index in [0.717, 1.165) is 12.8 Å². The number of carbonyl (C=O) groups excluding carboxylic acids is 1. The lowest BCUT2D eigenvalue weighted by Crippen LogP contribution is -2.32. The van der Waals surface area contributed by atoms with Crippen LogP contribution in [0.5, 0.6) is 0 Å². The molecule has 0 fully saturated rings. The van der Waals surface area contributed by atoms with Gasteiger partial charge in [-0.3, -0.25) is 4.79 Å². The molecule has 4 heteroatoms. The van der Waals surface area contributed by atoms with Crippen LogP contribution in [-0.4, -0.2) is 11.9 Å². The van der Waals surface area contributed by atoms with Crippen molar-refractivity contribution in [2.24, 2.45) is 5.92 Å². The van der Waals surface area contributed by atoms with E-state index in [1.54, 1.807) is 0 Å². The average Bonchev–Trinajstić information content (AvgIpc) is 2.30. The minimum absolute atomic E-state index is 0.119. The van der Waals surface area contributed by atoms with E-state index in [9.17, 15) is 9.18 Å². The Morgan fingerprint density at radius 2 is 2.00 bits per heavy atom. The van der Waals surface area contributed by atoms with E-state index in [1.807, 2.05) is 6.92 Å². The topological polar surface area (TPSA) is 29.1 Å². The van der Waals surface area contributed by atoms with Gasteiger partial charge in [0.25, 0.3) is 5.91 Å². The van der Waals surface area contributed by atoms with Crippen molar-refractivity contribution in [3.63, 3.8) is 0 Å². The predicted molar refractivity (Wildman–Crippen MR) is 74.7 cm³/mol. The summed E-state index contributed by atoms with van der Waals surface area (Å²) in [6.45, 7) is 6.29. The van der Waals surface area contributed by atoms with E-state index in [-0.39, 0.29) is 16.8 Å². The number of rotatable bonds is 5. The first-order valence-electron chi connectivity index (χ1n) is 6.19. The zero-order valence-corrected chi connectivity index (χ0v) is 11.9. The van der Waals surface area contributed by atoms with Crippen molar-refractivity contribution in [1.82, 2.24) is 5.32 Å². The number of halogens is 1. The first kappa shape index (κ1) is 15.0. The molecule has 1 atom stereocenters. The summed E-state index contributed by atoms with van der Waals surface area (Å²) >= 11 is 3.97. The maximum absolute atomic E-state index is 13.0. The van der Waals surface area contributed by atoms with Gasteiger partial charge >= 0.3 is 0 Å². The van der Waals surface area contributed by atoms with E-state index in [0.29, 0.717) is 11.5 Å². The second-order valence-electron chi connectivity index (χ2n) is 5.01. The number of benzene rings is 1. The van der Waals surface area contributed by atoms with Gasteiger partial charge in [0.15, 0.2) is 0 Å². The maximum Gasteiger partial charge on any atom is 0.251 e. The SMILES string of the molecule is CC(C)CCC(C)NC(=O)c1ccc(F)c(S)c1. The van der Waals surface area contributed by atoms with Gasteiger partial charge in [0, 0.05) is 16.5 Å². The van der Waals surface area contributed by atoms with Crippen molar-refractivity contribution in [2.45, 2.75) is 44.6 Å². The maximum atomic E-state index is 13.0. The molecular formula is C14H20FNOS. The standard InChI is InChI=1S/C14H20FNOS/c1-9(2)4-5-10(3)16-14(17)11-6-7-12(15)13(18)8-11/h6-10,18H,4-5H2,1-3H3,(H,16,17). The van der Waals surface area contributed by atoms with Gasteiger partial charge in [-0.15, -0.1) is 12.6 Å². The molecule has 1 unspecified atom stereocenters. The van der Waals surface area contributed by atoms with Gasteiger partial charge in [0.05, 0.1) is 0 Å². The van der Waals surface area contributed by atoms with E-state index in [4.69, 9.17) is 0 Å². The summed E-state index contributed by atoms with van der Waals surface area (Å²) in [7, 11) is 0. The normalized spacial score (nSPS) is 12.6. The summed E-state index contributed by atoms with van der Waals surface area (Å²) in [4.78, 5) is 12.1. The quantitative estimate of drug-likeness (QED) is 0.785. The number of amides is 1. The average molecular weight is 269 g/mol. The Morgan fingerprint density at radius 3 is 2.56 bits per heavy atom. The van der Waals surface area contributed by atoms with Crippen LogP contribution in [-0.2, 0) is 0 Å². The molecule has 2 nitrogen and oxygen atoms in total. The van der Waals surface area contributed by atoms with Gasteiger partial charge in [-0.05, 0) is 43.9 Å². The molecule has 0 aliphatic rings. The van der Waals surface area contributed by atoms with E-state index in [2.05, 4.69) is 31.8 Å². The summed E-state index contributed by atoms with van der Waals surface area (Å²) in [5.74, 6) is 0.0310. The van der Waals surface area contributed by atoms with Crippen molar-refractivity contribution >= 4 is 18.5 Å². The molecule has 1 rings (SSSR count). The molecule has 0 heterocycles. The van der Waals surface area contributed by atoms with Crippen LogP contribution in [0.25, 0.3) is 0 Å². The van der Waals surface area contributed by atoms with Gasteiger partial charge in [-0.1, -0.05) is 13.8 Å². The third-order valence-corrected chi connectivity index (χ3v) is 3.11. The molecular weight excluding hydrogens is 249 g/mol. The molecule has 0 radical (unpaired) electrons. The molecule has 0 bridgehead atoms. The van der Waals surface area contributed by atoms with Crippen LogP contribution in [0.4, 0.5) is 4.39 Å². The number of nitrogens with one attached hydrogen (secondary N) is 1. The number of carbonyl (C=O) groups is 1. The fraction of sp³-hybridized carbons (Fsp3) is 0.500. The fourth-order valence-electron chi connectivity index (χ4n) is 1.62. The summed E-state index contributed by atoms with van der Waals surface area (Å²) in [6, 6.07) is 4.30. The van der Waals surface area contributed by atoms with Crippen LogP contribution in [0, 0.1) is 11.7 Å². The van der Waals surface area contributed by atoms with Crippen molar-refractivity contribution in [1.29, 1.82) is 0 Å². The molecule has 1 amide bonds. The van der Waals surface area contributed by atoms with Crippen molar-refractivity contribution in [2.75, 3.05) is 0 Å². The smallest absolute Gasteiger partial charge is 0.251 e. The Morgan fingerprint density at radius 1 is 1.33 bits per heavy atom. The first-order valence-corrected chi connectivity index (χ1v) is 6.64. The molecule has 1 aromatic carbocycles. The molecule has 1 N–H and O–H groups in total. The molecule has 0 saturated heterocycles. The van der Waals surface area contributed by atoms with Crippen LogP contribution in [0.3, 0.4) is 0 Å². The molecule has 0 aromatic heterocycles. The minimum Gasteiger partial charge on any atom is -0.350 e. The lowest BCUT2D eigenvalue weighted by molar-refractivity contribution is 0.0937. The van der Waals surface area contributed by atoms with Gasteiger partial charge < -0.3 is 5.32 Å². The van der Waals surface area contributed by atoms with Crippen molar-refractivity contribution in [3.8, 4) is 0 Å². The van der Waals surface area contributed by atoms with Crippen molar-refractivity contribution < 1.29 is 9.18 Å². The molecule has 0 aliphatic heterocycles. The second kappa shape index (κ2) is 6.78. The van der Waals surface area contributed by atoms with Gasteiger partial charge in [-0.2, -0.15) is 0 Å². The number of thiol groups is 1. The number of hydrogen-bond donors (Lipinski definition) is 2. The summed E-state index contributed by atoms with van der Waals surface area (Å²) in [5.41, 5.74) is 0.442. The third-order valence-electron chi connectivity index (χ3n) is 2.76. The fourth-order valence-corrected chi connectivity index (χ4v) is 1.83. The molecule has 18 heavy (non-hydrogen) atoms. The molecule has 0 spiro atoms. The van der Waals surface area contributed by atoms with Crippen molar-refractivity contribution in [3.05, 3.63) is 29.6 Å². The molecule has 0 saturated carbocycles. The van der Waals surface area contributed by atoms with Crippen LogP contribution < -0.4 is 5.32 Å². The predicted octanol–water partition coefficient (Wildman–Crippen LogP) is 3.67. The van der Waals surface area contributed by atoms with E-state index < -0.39 is 5.82 Å². The Balaban J connectivity index is 2.56. The highest BCUT2D eigenvalue weighted by molar-refractivity contribution is 7.80. The summed E-state index contributed by atoms with van der Waals surface area (Å²) in [6.07, 6.45) is 2.01.